The number of benzene rings is 1. The lowest BCUT2D eigenvalue weighted by molar-refractivity contribution is 0.0698. The molecule has 0 bridgehead atoms. The fourth-order valence-electron chi connectivity index (χ4n) is 1.41. The number of carbonyl (C=O) groups is 1. The van der Waals surface area contributed by atoms with Crippen LogP contribution in [0.15, 0.2) is 12.1 Å². The number of rotatable bonds is 6. The van der Waals surface area contributed by atoms with E-state index in [4.69, 9.17) is 10.8 Å². The quantitative estimate of drug-likeness (QED) is 0.537. The number of anilines is 2. The van der Waals surface area contributed by atoms with Crippen molar-refractivity contribution in [2.45, 2.75) is 6.42 Å². The van der Waals surface area contributed by atoms with Crippen molar-refractivity contribution in [2.24, 2.45) is 0 Å². The highest BCUT2D eigenvalue weighted by molar-refractivity contribution is 7.84. The van der Waals surface area contributed by atoms with Crippen molar-refractivity contribution >= 4 is 28.1 Å². The summed E-state index contributed by atoms with van der Waals surface area (Å²) < 4.78 is 24.3. The lowest BCUT2D eigenvalue weighted by Crippen LogP contribution is -2.10. The molecule has 0 saturated heterocycles. The number of hydrogen-bond acceptors (Lipinski definition) is 4. The third-order valence-corrected chi connectivity index (χ3v) is 3.16. The first-order valence-electron chi connectivity index (χ1n) is 5.28. The second-order valence-electron chi connectivity index (χ2n) is 3.78. The number of carboxylic acids is 1. The fraction of sp³-hybridized carbons (Fsp3) is 0.364. The van der Waals surface area contributed by atoms with E-state index in [1.165, 1.54) is 0 Å². The van der Waals surface area contributed by atoms with Crippen molar-refractivity contribution in [1.29, 1.82) is 0 Å². The summed E-state index contributed by atoms with van der Waals surface area (Å²) in [5, 5.41) is 11.6. The molecule has 0 spiro atoms. The van der Waals surface area contributed by atoms with Crippen LogP contribution >= 0.6 is 0 Å². The van der Waals surface area contributed by atoms with Crippen LogP contribution in [-0.2, 0) is 10.8 Å². The van der Waals surface area contributed by atoms with E-state index in [1.807, 2.05) is 0 Å². The van der Waals surface area contributed by atoms with Crippen LogP contribution in [0.2, 0.25) is 0 Å². The first-order chi connectivity index (χ1) is 8.41. The zero-order valence-electron chi connectivity index (χ0n) is 9.90. The highest BCUT2D eigenvalue weighted by Gasteiger charge is 2.12. The van der Waals surface area contributed by atoms with Crippen LogP contribution in [0.1, 0.15) is 16.8 Å². The largest absolute Gasteiger partial charge is 0.478 e. The van der Waals surface area contributed by atoms with Crippen LogP contribution in [0.3, 0.4) is 0 Å². The van der Waals surface area contributed by atoms with Gasteiger partial charge in [0.1, 0.15) is 5.82 Å². The molecule has 0 fully saturated rings. The van der Waals surface area contributed by atoms with Crippen molar-refractivity contribution in [3.8, 4) is 0 Å². The highest BCUT2D eigenvalue weighted by atomic mass is 32.2. The molecular formula is C11H15FN2O3S. The second kappa shape index (κ2) is 6.34. The first-order valence-corrected chi connectivity index (χ1v) is 7.00. The molecule has 0 saturated carbocycles. The minimum atomic E-state index is -1.20. The Balaban J connectivity index is 2.73. The topological polar surface area (TPSA) is 92.4 Å². The molecule has 1 aromatic carbocycles. The maximum Gasteiger partial charge on any atom is 0.337 e. The van der Waals surface area contributed by atoms with E-state index in [9.17, 15) is 13.4 Å². The third-order valence-electron chi connectivity index (χ3n) is 2.29. The Hall–Kier alpha value is -1.63. The molecule has 18 heavy (non-hydrogen) atoms. The molecule has 0 heterocycles. The predicted molar refractivity (Wildman–Crippen MR) is 69.8 cm³/mol. The second-order valence-corrected chi connectivity index (χ2v) is 5.34. The van der Waals surface area contributed by atoms with Crippen molar-refractivity contribution in [3.05, 3.63) is 23.5 Å². The van der Waals surface area contributed by atoms with E-state index < -0.39 is 22.6 Å². The number of nitrogen functional groups attached to an aromatic ring is 1. The lowest BCUT2D eigenvalue weighted by Gasteiger charge is -2.09. The van der Waals surface area contributed by atoms with E-state index in [1.54, 1.807) is 6.26 Å². The fourth-order valence-corrected chi connectivity index (χ4v) is 1.96. The minimum absolute atomic E-state index is 0.0866. The van der Waals surface area contributed by atoms with Gasteiger partial charge in [-0.3, -0.25) is 4.21 Å². The van der Waals surface area contributed by atoms with Crippen molar-refractivity contribution < 1.29 is 18.5 Å². The Morgan fingerprint density at radius 2 is 2.22 bits per heavy atom. The number of nitrogens with one attached hydrogen (secondary N) is 1. The van der Waals surface area contributed by atoms with Gasteiger partial charge >= 0.3 is 5.97 Å². The van der Waals surface area contributed by atoms with Crippen LogP contribution in [0.4, 0.5) is 15.8 Å². The van der Waals surface area contributed by atoms with Gasteiger partial charge in [-0.15, -0.1) is 0 Å². The van der Waals surface area contributed by atoms with Gasteiger partial charge in [0, 0.05) is 35.0 Å². The summed E-state index contributed by atoms with van der Waals surface area (Å²) in [5.74, 6) is -1.30. The zero-order valence-corrected chi connectivity index (χ0v) is 10.7. The third kappa shape index (κ3) is 3.99. The number of hydrogen-bond donors (Lipinski definition) is 3. The smallest absolute Gasteiger partial charge is 0.337 e. The zero-order chi connectivity index (χ0) is 13.7. The Bertz CT molecular complexity index is 480. The summed E-state index contributed by atoms with van der Waals surface area (Å²) in [7, 11) is -0.892. The molecule has 7 heteroatoms. The van der Waals surface area contributed by atoms with Crippen molar-refractivity contribution in [3.63, 3.8) is 0 Å². The molecule has 100 valence electrons. The number of aromatic carboxylic acids is 1. The molecule has 1 unspecified atom stereocenters. The molecule has 0 aliphatic carbocycles. The molecule has 5 nitrogen and oxygen atoms in total. The average molecular weight is 274 g/mol. The Labute approximate surface area is 107 Å². The monoisotopic (exact) mass is 274 g/mol. The molecule has 1 rings (SSSR count). The van der Waals surface area contributed by atoms with Crippen molar-refractivity contribution in [1.82, 2.24) is 0 Å². The van der Waals surface area contributed by atoms with Gasteiger partial charge in [-0.2, -0.15) is 0 Å². The molecular weight excluding hydrogens is 259 g/mol. The van der Waals surface area contributed by atoms with Crippen molar-refractivity contribution in [2.75, 3.05) is 29.6 Å². The molecule has 4 N–H and O–H groups in total. The van der Waals surface area contributed by atoms with Crippen LogP contribution in [0.5, 0.6) is 0 Å². The standard InChI is InChI=1S/C11H15FN2O3S/c1-18(17)4-2-3-14-10-5-7(11(15)16)9(13)6-8(10)12/h5-6,14H,2-4,13H2,1H3,(H,15,16). The Morgan fingerprint density at radius 1 is 1.56 bits per heavy atom. The van der Waals surface area contributed by atoms with E-state index in [2.05, 4.69) is 5.32 Å². The van der Waals surface area contributed by atoms with E-state index >= 15 is 0 Å². The summed E-state index contributed by atoms with van der Waals surface area (Å²) in [6.07, 6.45) is 2.20. The predicted octanol–water partition coefficient (Wildman–Crippen LogP) is 1.29. The summed E-state index contributed by atoms with van der Waals surface area (Å²) in [4.78, 5) is 10.8. The molecule has 0 aliphatic rings. The number of halogens is 1. The van der Waals surface area contributed by atoms with Crippen LogP contribution in [-0.4, -0.2) is 33.8 Å². The summed E-state index contributed by atoms with van der Waals surface area (Å²) in [6, 6.07) is 2.14. The van der Waals surface area contributed by atoms with Gasteiger partial charge in [0.15, 0.2) is 0 Å². The van der Waals surface area contributed by atoms with Gasteiger partial charge in [0.25, 0.3) is 0 Å². The van der Waals surface area contributed by atoms with Crippen LogP contribution < -0.4 is 11.1 Å². The summed E-state index contributed by atoms with van der Waals surface area (Å²) >= 11 is 0. The number of nitrogens with two attached hydrogens (primary N) is 1. The first kappa shape index (κ1) is 14.4. The van der Waals surface area contributed by atoms with Crippen LogP contribution in [0, 0.1) is 5.82 Å². The minimum Gasteiger partial charge on any atom is -0.478 e. The van der Waals surface area contributed by atoms with E-state index in [-0.39, 0.29) is 16.9 Å². The van der Waals surface area contributed by atoms with Gasteiger partial charge in [-0.05, 0) is 18.6 Å². The van der Waals surface area contributed by atoms with E-state index in [0.717, 1.165) is 12.1 Å². The lowest BCUT2D eigenvalue weighted by atomic mass is 10.1. The molecule has 0 amide bonds. The molecule has 1 aromatic rings. The van der Waals surface area contributed by atoms with Gasteiger partial charge in [-0.25, -0.2) is 9.18 Å². The Morgan fingerprint density at radius 3 is 2.78 bits per heavy atom. The molecule has 0 radical (unpaired) electrons. The number of carboxylic acid groups (broad SMARTS) is 1. The van der Waals surface area contributed by atoms with Gasteiger partial charge in [-0.1, -0.05) is 0 Å². The van der Waals surface area contributed by atoms with Gasteiger partial charge in [0.2, 0.25) is 0 Å². The van der Waals surface area contributed by atoms with E-state index in [0.29, 0.717) is 18.7 Å². The van der Waals surface area contributed by atoms with Crippen LogP contribution in [0.25, 0.3) is 0 Å². The van der Waals surface area contributed by atoms with Gasteiger partial charge < -0.3 is 16.2 Å². The SMILES string of the molecule is CS(=O)CCCNc1cc(C(=O)O)c(N)cc1F. The summed E-state index contributed by atoms with van der Waals surface area (Å²) in [6.45, 7) is 0.416. The maximum atomic E-state index is 13.5. The normalized spacial score (nSPS) is 12.1. The maximum absolute atomic E-state index is 13.5. The summed E-state index contributed by atoms with van der Waals surface area (Å²) in [5.41, 5.74) is 5.23. The van der Waals surface area contributed by atoms with Gasteiger partial charge in [0.05, 0.1) is 11.3 Å². The molecule has 0 aromatic heterocycles. The Kier molecular flexibility index (Phi) is 5.08. The molecule has 0 aliphatic heterocycles. The highest BCUT2D eigenvalue weighted by Crippen LogP contribution is 2.22. The average Bonchev–Trinajstić information content (AvgIpc) is 2.25. The molecule has 1 atom stereocenters.